The van der Waals surface area contributed by atoms with Gasteiger partial charge in [-0.2, -0.15) is 0 Å². The van der Waals surface area contributed by atoms with Gasteiger partial charge in [0.25, 0.3) is 0 Å². The third kappa shape index (κ3) is 2.70. The molecule has 17 heavy (non-hydrogen) atoms. The zero-order valence-electron chi connectivity index (χ0n) is 9.25. The molecular weight excluding hydrogens is 230 g/mol. The first kappa shape index (κ1) is 12.9. The largest absolute Gasteiger partial charge is 0.490 e. The number of hydrogen-bond donors (Lipinski definition) is 1. The molecule has 1 unspecified atom stereocenters. The average molecular weight is 241 g/mol. The van der Waals surface area contributed by atoms with Crippen LogP contribution in [0.15, 0.2) is 18.2 Å². The van der Waals surface area contributed by atoms with Crippen molar-refractivity contribution in [2.45, 2.75) is 6.10 Å². The molecule has 0 saturated heterocycles. The van der Waals surface area contributed by atoms with Gasteiger partial charge in [-0.05, 0) is 17.7 Å². The van der Waals surface area contributed by atoms with E-state index in [0.717, 1.165) is 13.2 Å². The van der Waals surface area contributed by atoms with Gasteiger partial charge >= 0.3 is 11.7 Å². The van der Waals surface area contributed by atoms with E-state index in [1.165, 1.54) is 19.2 Å². The zero-order valence-corrected chi connectivity index (χ0v) is 9.25. The molecule has 1 N–H and O–H groups in total. The average Bonchev–Trinajstić information content (AvgIpc) is 2.35. The Bertz CT molecular complexity index is 444. The molecule has 0 spiro atoms. The van der Waals surface area contributed by atoms with Crippen molar-refractivity contribution in [2.24, 2.45) is 0 Å². The van der Waals surface area contributed by atoms with Crippen LogP contribution in [0.2, 0.25) is 0 Å². The maximum absolute atomic E-state index is 11.1. The molecule has 7 heteroatoms. The van der Waals surface area contributed by atoms with Crippen LogP contribution in [0.5, 0.6) is 5.75 Å². The molecule has 1 aromatic rings. The lowest BCUT2D eigenvalue weighted by Gasteiger charge is -2.09. The first-order valence-corrected chi connectivity index (χ1v) is 4.59. The van der Waals surface area contributed by atoms with Gasteiger partial charge in [0.15, 0.2) is 11.9 Å². The molecule has 0 aliphatic rings. The molecule has 0 aliphatic heterocycles. The van der Waals surface area contributed by atoms with Crippen molar-refractivity contribution in [2.75, 3.05) is 14.2 Å². The molecule has 0 radical (unpaired) electrons. The molecule has 0 saturated carbocycles. The van der Waals surface area contributed by atoms with E-state index in [4.69, 9.17) is 4.74 Å². The number of esters is 1. The number of nitro groups is 1. The van der Waals surface area contributed by atoms with Gasteiger partial charge in [0.2, 0.25) is 0 Å². The summed E-state index contributed by atoms with van der Waals surface area (Å²) in [7, 11) is 2.39. The summed E-state index contributed by atoms with van der Waals surface area (Å²) >= 11 is 0. The third-order valence-corrected chi connectivity index (χ3v) is 2.14. The topological polar surface area (TPSA) is 98.9 Å². The van der Waals surface area contributed by atoms with Crippen molar-refractivity contribution < 1.29 is 24.3 Å². The molecule has 7 nitrogen and oxygen atoms in total. The van der Waals surface area contributed by atoms with Crippen LogP contribution >= 0.6 is 0 Å². The molecule has 0 aliphatic carbocycles. The van der Waals surface area contributed by atoms with Crippen molar-refractivity contribution in [1.82, 2.24) is 0 Å². The number of benzene rings is 1. The molecular formula is C10H11NO6. The molecule has 0 fully saturated rings. The Morgan fingerprint density at radius 3 is 2.59 bits per heavy atom. The van der Waals surface area contributed by atoms with E-state index in [-0.39, 0.29) is 17.0 Å². The van der Waals surface area contributed by atoms with Gasteiger partial charge in [-0.3, -0.25) is 10.1 Å². The van der Waals surface area contributed by atoms with E-state index in [2.05, 4.69) is 4.74 Å². The van der Waals surface area contributed by atoms with E-state index in [1.807, 2.05) is 0 Å². The highest BCUT2D eigenvalue weighted by atomic mass is 16.6. The number of aliphatic hydroxyl groups excluding tert-OH is 1. The van der Waals surface area contributed by atoms with Crippen LogP contribution in [0.3, 0.4) is 0 Å². The predicted octanol–water partition coefficient (Wildman–Crippen LogP) is 0.810. The Kier molecular flexibility index (Phi) is 4.00. The van der Waals surface area contributed by atoms with Gasteiger partial charge in [0.05, 0.1) is 19.1 Å². The molecule has 0 aromatic heterocycles. The molecule has 0 heterocycles. The van der Waals surface area contributed by atoms with Gasteiger partial charge in [0.1, 0.15) is 0 Å². The number of aliphatic hydroxyl groups is 1. The second kappa shape index (κ2) is 5.26. The van der Waals surface area contributed by atoms with E-state index in [1.54, 1.807) is 0 Å². The maximum atomic E-state index is 11.1. The Balaban J connectivity index is 3.13. The number of hydrogen-bond acceptors (Lipinski definition) is 6. The smallest absolute Gasteiger partial charge is 0.339 e. The van der Waals surface area contributed by atoms with Crippen LogP contribution in [-0.4, -0.2) is 30.2 Å². The van der Waals surface area contributed by atoms with Crippen molar-refractivity contribution in [3.05, 3.63) is 33.9 Å². The number of rotatable bonds is 4. The number of ether oxygens (including phenoxy) is 2. The van der Waals surface area contributed by atoms with E-state index >= 15 is 0 Å². The standard InChI is InChI=1S/C10H11NO6/c1-16-8-5-6(9(12)10(13)17-2)3-4-7(8)11(14)15/h3-5,9,12H,1-2H3. The monoisotopic (exact) mass is 241 g/mol. The summed E-state index contributed by atoms with van der Waals surface area (Å²) in [6.45, 7) is 0. The van der Waals surface area contributed by atoms with E-state index < -0.39 is 17.0 Å². The molecule has 0 amide bonds. The van der Waals surface area contributed by atoms with Gasteiger partial charge in [-0.25, -0.2) is 4.79 Å². The van der Waals surface area contributed by atoms with Crippen molar-refractivity contribution in [1.29, 1.82) is 0 Å². The number of nitro benzene ring substituents is 1. The summed E-state index contributed by atoms with van der Waals surface area (Å²) in [4.78, 5) is 21.1. The van der Waals surface area contributed by atoms with Crippen LogP contribution < -0.4 is 4.74 Å². The SMILES string of the molecule is COC(=O)C(O)c1ccc([N+](=O)[O-])c(OC)c1. The lowest BCUT2D eigenvalue weighted by Crippen LogP contribution is -2.13. The Labute approximate surface area is 96.7 Å². The highest BCUT2D eigenvalue weighted by Crippen LogP contribution is 2.30. The molecule has 1 rings (SSSR count). The first-order valence-electron chi connectivity index (χ1n) is 4.59. The van der Waals surface area contributed by atoms with Gasteiger partial charge in [0, 0.05) is 6.07 Å². The van der Waals surface area contributed by atoms with Gasteiger partial charge in [-0.1, -0.05) is 0 Å². The predicted molar refractivity (Wildman–Crippen MR) is 56.6 cm³/mol. The summed E-state index contributed by atoms with van der Waals surface area (Å²) in [5.74, 6) is -0.878. The number of methoxy groups -OCH3 is 2. The van der Waals surface area contributed by atoms with Crippen LogP contribution in [0.25, 0.3) is 0 Å². The third-order valence-electron chi connectivity index (χ3n) is 2.14. The highest BCUT2D eigenvalue weighted by Gasteiger charge is 2.22. The molecule has 0 bridgehead atoms. The lowest BCUT2D eigenvalue weighted by molar-refractivity contribution is -0.385. The fourth-order valence-corrected chi connectivity index (χ4v) is 1.26. The van der Waals surface area contributed by atoms with Crippen molar-refractivity contribution in [3.63, 3.8) is 0 Å². The summed E-state index contributed by atoms with van der Waals surface area (Å²) in [6.07, 6.45) is -1.49. The number of carbonyl (C=O) groups excluding carboxylic acids is 1. The Morgan fingerprint density at radius 2 is 2.12 bits per heavy atom. The molecule has 1 aromatic carbocycles. The van der Waals surface area contributed by atoms with Crippen LogP contribution in [0.4, 0.5) is 5.69 Å². The lowest BCUT2D eigenvalue weighted by atomic mass is 10.1. The van der Waals surface area contributed by atoms with Gasteiger partial charge < -0.3 is 14.6 Å². The minimum Gasteiger partial charge on any atom is -0.490 e. The fraction of sp³-hybridized carbons (Fsp3) is 0.300. The second-order valence-corrected chi connectivity index (χ2v) is 3.11. The van der Waals surface area contributed by atoms with Crippen LogP contribution in [0, 0.1) is 10.1 Å². The van der Waals surface area contributed by atoms with Crippen LogP contribution in [0.1, 0.15) is 11.7 Å². The zero-order chi connectivity index (χ0) is 13.0. The maximum Gasteiger partial charge on any atom is 0.339 e. The summed E-state index contributed by atoms with van der Waals surface area (Å²) in [5, 5.41) is 20.2. The van der Waals surface area contributed by atoms with E-state index in [0.29, 0.717) is 0 Å². The summed E-state index contributed by atoms with van der Waals surface area (Å²) in [5.41, 5.74) is -0.0763. The Hall–Kier alpha value is -2.15. The number of carbonyl (C=O) groups is 1. The normalized spacial score (nSPS) is 11.7. The van der Waals surface area contributed by atoms with Crippen LogP contribution in [-0.2, 0) is 9.53 Å². The Morgan fingerprint density at radius 1 is 1.47 bits per heavy atom. The fourth-order valence-electron chi connectivity index (χ4n) is 1.26. The van der Waals surface area contributed by atoms with Crippen molar-refractivity contribution in [3.8, 4) is 5.75 Å². The minimum absolute atomic E-state index is 0.0320. The summed E-state index contributed by atoms with van der Waals surface area (Å²) < 4.78 is 9.16. The summed E-state index contributed by atoms with van der Waals surface area (Å²) in [6, 6.07) is 3.64. The second-order valence-electron chi connectivity index (χ2n) is 3.11. The molecule has 92 valence electrons. The minimum atomic E-state index is -1.49. The first-order chi connectivity index (χ1) is 8.01. The number of nitrogens with zero attached hydrogens (tertiary/aromatic N) is 1. The quantitative estimate of drug-likeness (QED) is 0.475. The van der Waals surface area contributed by atoms with Crippen molar-refractivity contribution >= 4 is 11.7 Å². The van der Waals surface area contributed by atoms with Gasteiger partial charge in [-0.15, -0.1) is 0 Å². The molecule has 1 atom stereocenters. The highest BCUT2D eigenvalue weighted by molar-refractivity contribution is 5.76. The van der Waals surface area contributed by atoms with E-state index in [9.17, 15) is 20.0 Å².